The second kappa shape index (κ2) is 3.07. The van der Waals surface area contributed by atoms with E-state index in [1.54, 1.807) is 0 Å². The second-order valence-electron chi connectivity index (χ2n) is 0.911. The molecule has 0 radical (unpaired) electrons. The molecule has 0 aliphatic heterocycles. The molecule has 0 aromatic carbocycles. The van der Waals surface area contributed by atoms with E-state index in [4.69, 9.17) is 5.41 Å². The van der Waals surface area contributed by atoms with Crippen molar-refractivity contribution in [1.29, 1.82) is 5.41 Å². The van der Waals surface area contributed by atoms with Crippen molar-refractivity contribution in [2.75, 3.05) is 0 Å². The molecule has 0 aliphatic rings. The fourth-order valence-corrected chi connectivity index (χ4v) is 0. The van der Waals surface area contributed by atoms with Gasteiger partial charge in [-0.05, 0) is 0 Å². The first kappa shape index (κ1) is 10.8. The van der Waals surface area contributed by atoms with Gasteiger partial charge in [-0.25, -0.2) is 0 Å². The number of amidine groups is 1. The van der Waals surface area contributed by atoms with E-state index in [1.165, 1.54) is 0 Å². The molecule has 0 aromatic rings. The zero-order valence-electron chi connectivity index (χ0n) is 3.62. The minimum Gasteiger partial charge on any atom is -0.380 e. The molecule has 0 unspecified atom stereocenters. The second-order valence-corrected chi connectivity index (χ2v) is 0.911. The van der Waals surface area contributed by atoms with Crippen LogP contribution in [0.4, 0.5) is 13.2 Å². The Labute approximate surface area is 58.0 Å². The number of hydrogen-bond donors (Lipinski definition) is 2. The molecule has 0 fully saturated rings. The maximum Gasteiger partial charge on any atom is 0.448 e. The number of halogens is 3. The van der Waals surface area contributed by atoms with Crippen LogP contribution in [0.3, 0.4) is 0 Å². The van der Waals surface area contributed by atoms with E-state index in [1.807, 2.05) is 0 Å². The molecular weight excluding hydrogens is 205 g/mol. The monoisotopic (exact) mass is 210 g/mol. The molecule has 3 N–H and O–H groups in total. The third-order valence-electron chi connectivity index (χ3n) is 0.305. The predicted molar refractivity (Wildman–Crippen MR) is 18.0 cm³/mol. The van der Waals surface area contributed by atoms with Gasteiger partial charge in [0.05, 0.1) is 0 Å². The van der Waals surface area contributed by atoms with Crippen molar-refractivity contribution in [1.82, 2.24) is 0 Å². The molecular formula is C2H3F3MoN2. The Kier molecular flexibility index (Phi) is 4.16. The maximum absolute atomic E-state index is 10.8. The van der Waals surface area contributed by atoms with Crippen LogP contribution in [-0.4, -0.2) is 12.0 Å². The van der Waals surface area contributed by atoms with Crippen LogP contribution < -0.4 is 5.73 Å². The summed E-state index contributed by atoms with van der Waals surface area (Å²) in [5, 5.41) is 5.80. The van der Waals surface area contributed by atoms with Crippen LogP contribution in [0.2, 0.25) is 0 Å². The average molecular weight is 208 g/mol. The Morgan fingerprint density at radius 2 is 1.50 bits per heavy atom. The zero-order chi connectivity index (χ0) is 6.08. The predicted octanol–water partition coefficient (Wildman–Crippen LogP) is 0.482. The Morgan fingerprint density at radius 3 is 1.50 bits per heavy atom. The van der Waals surface area contributed by atoms with Crippen LogP contribution in [0.25, 0.3) is 0 Å². The van der Waals surface area contributed by atoms with Crippen LogP contribution in [0, 0.1) is 5.41 Å². The van der Waals surface area contributed by atoms with E-state index in [0.29, 0.717) is 0 Å². The summed E-state index contributed by atoms with van der Waals surface area (Å²) in [5.41, 5.74) is 4.03. The number of nitrogens with two attached hydrogens (primary N) is 1. The van der Waals surface area contributed by atoms with Gasteiger partial charge in [-0.2, -0.15) is 13.2 Å². The van der Waals surface area contributed by atoms with Crippen molar-refractivity contribution < 1.29 is 34.2 Å². The number of nitrogens with one attached hydrogen (secondary N) is 1. The van der Waals surface area contributed by atoms with Crippen molar-refractivity contribution in [3.05, 3.63) is 0 Å². The smallest absolute Gasteiger partial charge is 0.380 e. The molecule has 0 bridgehead atoms. The summed E-state index contributed by atoms with van der Waals surface area (Å²) in [6.45, 7) is 0. The quantitative estimate of drug-likeness (QED) is 0.339. The summed E-state index contributed by atoms with van der Waals surface area (Å²) < 4.78 is 32.5. The topological polar surface area (TPSA) is 49.9 Å². The molecule has 0 heterocycles. The van der Waals surface area contributed by atoms with Crippen LogP contribution in [-0.2, 0) is 21.1 Å². The molecule has 6 heteroatoms. The van der Waals surface area contributed by atoms with E-state index < -0.39 is 12.0 Å². The fourth-order valence-electron chi connectivity index (χ4n) is 0. The number of rotatable bonds is 0. The van der Waals surface area contributed by atoms with Crippen molar-refractivity contribution in [2.24, 2.45) is 5.73 Å². The SMILES string of the molecule is N=C(N)C(F)(F)F.[Mo]. The Morgan fingerprint density at radius 1 is 1.38 bits per heavy atom. The van der Waals surface area contributed by atoms with Crippen LogP contribution in [0.5, 0.6) is 0 Å². The van der Waals surface area contributed by atoms with Crippen LogP contribution >= 0.6 is 0 Å². The molecule has 2 nitrogen and oxygen atoms in total. The summed E-state index contributed by atoms with van der Waals surface area (Å²) in [6.07, 6.45) is -4.64. The van der Waals surface area contributed by atoms with Gasteiger partial charge >= 0.3 is 6.18 Å². The first-order valence-electron chi connectivity index (χ1n) is 1.36. The van der Waals surface area contributed by atoms with Crippen molar-refractivity contribution in [3.63, 3.8) is 0 Å². The van der Waals surface area contributed by atoms with Gasteiger partial charge in [-0.3, -0.25) is 5.41 Å². The zero-order valence-corrected chi connectivity index (χ0v) is 5.63. The first-order valence-corrected chi connectivity index (χ1v) is 1.36. The van der Waals surface area contributed by atoms with Gasteiger partial charge in [0.25, 0.3) is 0 Å². The molecule has 0 aromatic heterocycles. The van der Waals surface area contributed by atoms with Crippen LogP contribution in [0.15, 0.2) is 0 Å². The largest absolute Gasteiger partial charge is 0.448 e. The molecule has 0 saturated heterocycles. The van der Waals surface area contributed by atoms with Crippen molar-refractivity contribution >= 4 is 5.84 Å². The Bertz CT molecular complexity index is 87.8. The standard InChI is InChI=1S/C2H3F3N2.Mo/c3-2(4,5)1(6)7;/h(H3,6,7);. The molecule has 0 atom stereocenters. The molecule has 0 rings (SSSR count). The summed E-state index contributed by atoms with van der Waals surface area (Å²) in [7, 11) is 0. The third-order valence-corrected chi connectivity index (χ3v) is 0.305. The molecule has 8 heavy (non-hydrogen) atoms. The van der Waals surface area contributed by atoms with Crippen molar-refractivity contribution in [3.8, 4) is 0 Å². The first-order chi connectivity index (χ1) is 2.94. The maximum atomic E-state index is 10.8. The Hall–Kier alpha value is -0.0517. The molecule has 0 saturated carbocycles. The van der Waals surface area contributed by atoms with Gasteiger partial charge in [-0.1, -0.05) is 0 Å². The molecule has 48 valence electrons. The van der Waals surface area contributed by atoms with E-state index in [9.17, 15) is 13.2 Å². The molecule has 0 spiro atoms. The number of hydrogen-bond acceptors (Lipinski definition) is 1. The van der Waals surface area contributed by atoms with Gasteiger partial charge in [0.2, 0.25) is 0 Å². The minimum absolute atomic E-state index is 0. The van der Waals surface area contributed by atoms with Gasteiger partial charge in [0, 0.05) is 21.1 Å². The molecule has 0 amide bonds. The van der Waals surface area contributed by atoms with E-state index in [-0.39, 0.29) is 21.1 Å². The van der Waals surface area contributed by atoms with E-state index in [2.05, 4.69) is 5.73 Å². The summed E-state index contributed by atoms with van der Waals surface area (Å²) in [4.78, 5) is 0. The van der Waals surface area contributed by atoms with Gasteiger partial charge < -0.3 is 5.73 Å². The average Bonchev–Trinajstić information content (AvgIpc) is 1.31. The third kappa shape index (κ3) is 4.12. The minimum atomic E-state index is -4.64. The Balaban J connectivity index is 0. The van der Waals surface area contributed by atoms with Crippen LogP contribution in [0.1, 0.15) is 0 Å². The normalized spacial score (nSPS) is 9.88. The summed E-state index contributed by atoms with van der Waals surface area (Å²) in [5.74, 6) is -1.76. The summed E-state index contributed by atoms with van der Waals surface area (Å²) in [6, 6.07) is 0. The molecule has 0 aliphatic carbocycles. The van der Waals surface area contributed by atoms with Gasteiger partial charge in [0.15, 0.2) is 5.84 Å². The van der Waals surface area contributed by atoms with Gasteiger partial charge in [0.1, 0.15) is 0 Å². The van der Waals surface area contributed by atoms with E-state index >= 15 is 0 Å². The fraction of sp³-hybridized carbons (Fsp3) is 0.500. The number of alkyl halides is 3. The van der Waals surface area contributed by atoms with Crippen molar-refractivity contribution in [2.45, 2.75) is 6.18 Å². The summed E-state index contributed by atoms with van der Waals surface area (Å²) >= 11 is 0. The van der Waals surface area contributed by atoms with Gasteiger partial charge in [-0.15, -0.1) is 0 Å². The van der Waals surface area contributed by atoms with E-state index in [0.717, 1.165) is 0 Å².